The van der Waals surface area contributed by atoms with E-state index in [0.717, 1.165) is 0 Å². The second kappa shape index (κ2) is 5.82. The topological polar surface area (TPSA) is 26.0 Å². The van der Waals surface area contributed by atoms with Gasteiger partial charge in [-0.3, -0.25) is 0 Å². The molecule has 0 amide bonds. The molecule has 0 aromatic heterocycles. The minimum Gasteiger partial charge on any atom is -0.324 e. The summed E-state index contributed by atoms with van der Waals surface area (Å²) in [6, 6.07) is -1.38. The van der Waals surface area contributed by atoms with Crippen LogP contribution in [0.5, 0.6) is 0 Å². The summed E-state index contributed by atoms with van der Waals surface area (Å²) < 4.78 is 90.0. The molecule has 0 aliphatic carbocycles. The number of hydrogen-bond acceptors (Lipinski definition) is 1. The van der Waals surface area contributed by atoms with E-state index >= 15 is 0 Å². The molecular weight excluding hydrogens is 303 g/mol. The molecule has 0 heterocycles. The summed E-state index contributed by atoms with van der Waals surface area (Å²) in [6.07, 6.45) is -10.2. The number of hydrogen-bond donors (Lipinski definition) is 1. The van der Waals surface area contributed by atoms with Crippen LogP contribution >= 0.6 is 0 Å². The van der Waals surface area contributed by atoms with Crippen molar-refractivity contribution in [3.05, 3.63) is 34.6 Å². The van der Waals surface area contributed by atoms with Crippen LogP contribution in [0.15, 0.2) is 12.1 Å². The fraction of sp³-hybridized carbons (Fsp3) is 0.538. The number of benzene rings is 1. The number of alkyl halides is 6. The molecule has 8 heteroatoms. The van der Waals surface area contributed by atoms with Crippen molar-refractivity contribution in [1.29, 1.82) is 0 Å². The van der Waals surface area contributed by atoms with Gasteiger partial charge in [0, 0.05) is 11.6 Å². The lowest BCUT2D eigenvalue weighted by Crippen LogP contribution is -2.22. The number of rotatable bonds is 3. The Labute approximate surface area is 116 Å². The molecule has 1 atom stereocenters. The van der Waals surface area contributed by atoms with Crippen LogP contribution < -0.4 is 5.73 Å². The molecule has 0 saturated carbocycles. The summed E-state index contributed by atoms with van der Waals surface area (Å²) in [6.45, 7) is 3.32. The van der Waals surface area contributed by atoms with Gasteiger partial charge < -0.3 is 5.73 Å². The van der Waals surface area contributed by atoms with E-state index in [1.807, 2.05) is 0 Å². The van der Waals surface area contributed by atoms with Crippen LogP contribution in [-0.4, -0.2) is 0 Å². The molecule has 1 aromatic carbocycles. The van der Waals surface area contributed by atoms with Gasteiger partial charge in [0.25, 0.3) is 0 Å². The van der Waals surface area contributed by atoms with Crippen LogP contribution in [0, 0.1) is 11.7 Å². The van der Waals surface area contributed by atoms with Crippen LogP contribution in [-0.2, 0) is 12.4 Å². The van der Waals surface area contributed by atoms with Gasteiger partial charge in [-0.15, -0.1) is 0 Å². The highest BCUT2D eigenvalue weighted by Crippen LogP contribution is 2.41. The third-order valence-electron chi connectivity index (χ3n) is 2.86. The summed E-state index contributed by atoms with van der Waals surface area (Å²) in [7, 11) is 0. The Hall–Kier alpha value is -1.31. The van der Waals surface area contributed by atoms with Gasteiger partial charge in [-0.05, 0) is 24.5 Å². The Morgan fingerprint density at radius 3 is 1.90 bits per heavy atom. The van der Waals surface area contributed by atoms with Crippen molar-refractivity contribution in [3.63, 3.8) is 0 Å². The first-order valence-corrected chi connectivity index (χ1v) is 6.07. The molecule has 0 aliphatic rings. The van der Waals surface area contributed by atoms with E-state index in [-0.39, 0.29) is 24.5 Å². The Morgan fingerprint density at radius 2 is 1.52 bits per heavy atom. The first-order chi connectivity index (χ1) is 9.34. The maximum atomic E-state index is 13.8. The molecule has 1 rings (SSSR count). The van der Waals surface area contributed by atoms with Gasteiger partial charge in [-0.25, -0.2) is 4.39 Å². The number of halogens is 7. The van der Waals surface area contributed by atoms with Crippen molar-refractivity contribution in [2.24, 2.45) is 11.7 Å². The average molecular weight is 317 g/mol. The van der Waals surface area contributed by atoms with Crippen molar-refractivity contribution in [1.82, 2.24) is 0 Å². The predicted molar refractivity (Wildman–Crippen MR) is 62.8 cm³/mol. The van der Waals surface area contributed by atoms with Gasteiger partial charge in [0.15, 0.2) is 0 Å². The average Bonchev–Trinajstić information content (AvgIpc) is 2.23. The summed E-state index contributed by atoms with van der Waals surface area (Å²) in [4.78, 5) is 0. The Balaban J connectivity index is 3.50. The Bertz CT molecular complexity index is 502. The van der Waals surface area contributed by atoms with E-state index in [1.54, 1.807) is 13.8 Å². The molecule has 2 N–H and O–H groups in total. The van der Waals surface area contributed by atoms with E-state index in [1.165, 1.54) is 0 Å². The molecule has 0 radical (unpaired) electrons. The van der Waals surface area contributed by atoms with E-state index < -0.39 is 40.9 Å². The highest BCUT2D eigenvalue weighted by atomic mass is 19.4. The maximum Gasteiger partial charge on any atom is 0.416 e. The SMILES string of the molecule is CC(C)C[C@H](N)c1c(F)cc(C(F)(F)F)cc1C(F)(F)F. The second-order valence-electron chi connectivity index (χ2n) is 5.15. The van der Waals surface area contributed by atoms with E-state index in [0.29, 0.717) is 0 Å². The highest BCUT2D eigenvalue weighted by molar-refractivity contribution is 5.38. The zero-order valence-corrected chi connectivity index (χ0v) is 11.2. The zero-order chi connectivity index (χ0) is 16.6. The molecule has 0 fully saturated rings. The van der Waals surface area contributed by atoms with Gasteiger partial charge in [0.05, 0.1) is 11.1 Å². The van der Waals surface area contributed by atoms with E-state index in [9.17, 15) is 30.7 Å². The molecule has 120 valence electrons. The Kier molecular flexibility index (Phi) is 4.92. The van der Waals surface area contributed by atoms with Crippen LogP contribution in [0.25, 0.3) is 0 Å². The van der Waals surface area contributed by atoms with Crippen molar-refractivity contribution in [2.45, 2.75) is 38.7 Å². The van der Waals surface area contributed by atoms with Gasteiger partial charge in [0.2, 0.25) is 0 Å². The molecule has 0 saturated heterocycles. The van der Waals surface area contributed by atoms with Crippen molar-refractivity contribution < 1.29 is 30.7 Å². The molecule has 1 nitrogen and oxygen atoms in total. The molecule has 21 heavy (non-hydrogen) atoms. The third-order valence-corrected chi connectivity index (χ3v) is 2.86. The van der Waals surface area contributed by atoms with Gasteiger partial charge in [-0.2, -0.15) is 26.3 Å². The lowest BCUT2D eigenvalue weighted by molar-refractivity contribution is -0.144. The smallest absolute Gasteiger partial charge is 0.324 e. The van der Waals surface area contributed by atoms with Gasteiger partial charge >= 0.3 is 12.4 Å². The van der Waals surface area contributed by atoms with Crippen molar-refractivity contribution >= 4 is 0 Å². The second-order valence-corrected chi connectivity index (χ2v) is 5.15. The zero-order valence-electron chi connectivity index (χ0n) is 11.2. The van der Waals surface area contributed by atoms with Crippen molar-refractivity contribution in [3.8, 4) is 0 Å². The predicted octanol–water partition coefficient (Wildman–Crippen LogP) is 4.91. The lowest BCUT2D eigenvalue weighted by Gasteiger charge is -2.22. The largest absolute Gasteiger partial charge is 0.416 e. The quantitative estimate of drug-likeness (QED) is 0.788. The standard InChI is InChI=1S/C13H14F7N/c1-6(2)3-10(21)11-8(13(18,19)20)4-7(5-9(11)14)12(15,16)17/h4-6,10H,3,21H2,1-2H3/t10-/m0/s1. The van der Waals surface area contributed by atoms with Gasteiger partial charge in [0.1, 0.15) is 5.82 Å². The maximum absolute atomic E-state index is 13.8. The fourth-order valence-corrected chi connectivity index (χ4v) is 2.02. The lowest BCUT2D eigenvalue weighted by atomic mass is 9.92. The van der Waals surface area contributed by atoms with Crippen LogP contribution in [0.2, 0.25) is 0 Å². The number of nitrogens with two attached hydrogens (primary N) is 1. The third kappa shape index (κ3) is 4.33. The molecule has 0 unspecified atom stereocenters. The summed E-state index contributed by atoms with van der Waals surface area (Å²) in [5.41, 5.74) is 1.24. The molecule has 0 spiro atoms. The normalized spacial score (nSPS) is 14.6. The van der Waals surface area contributed by atoms with Crippen LogP contribution in [0.4, 0.5) is 30.7 Å². The van der Waals surface area contributed by atoms with Gasteiger partial charge in [-0.1, -0.05) is 13.8 Å². The Morgan fingerprint density at radius 1 is 1.00 bits per heavy atom. The fourth-order valence-electron chi connectivity index (χ4n) is 2.02. The minimum atomic E-state index is -5.12. The highest BCUT2D eigenvalue weighted by Gasteiger charge is 2.40. The van der Waals surface area contributed by atoms with E-state index in [4.69, 9.17) is 5.73 Å². The first kappa shape index (κ1) is 17.7. The summed E-state index contributed by atoms with van der Waals surface area (Å²) in [5.74, 6) is -1.73. The first-order valence-electron chi connectivity index (χ1n) is 6.07. The van der Waals surface area contributed by atoms with E-state index in [2.05, 4.69) is 0 Å². The summed E-state index contributed by atoms with van der Waals surface area (Å²) >= 11 is 0. The molecule has 0 aliphatic heterocycles. The summed E-state index contributed by atoms with van der Waals surface area (Å²) in [5, 5.41) is 0. The monoisotopic (exact) mass is 317 g/mol. The molecule has 1 aromatic rings. The van der Waals surface area contributed by atoms with Crippen molar-refractivity contribution in [2.75, 3.05) is 0 Å². The minimum absolute atomic E-state index is 0.0192. The molecule has 0 bridgehead atoms. The van der Waals surface area contributed by atoms with Crippen LogP contribution in [0.3, 0.4) is 0 Å². The van der Waals surface area contributed by atoms with Crippen LogP contribution in [0.1, 0.15) is 43.0 Å². The molecular formula is C13H14F7N.